The van der Waals surface area contributed by atoms with E-state index in [2.05, 4.69) is 21.6 Å². The van der Waals surface area contributed by atoms with Gasteiger partial charge in [-0.3, -0.25) is 0 Å². The van der Waals surface area contributed by atoms with E-state index in [1.807, 2.05) is 18.4 Å². The van der Waals surface area contributed by atoms with Crippen LogP contribution in [0, 0.1) is 6.92 Å². The van der Waals surface area contributed by atoms with Crippen molar-refractivity contribution in [3.8, 4) is 0 Å². The van der Waals surface area contributed by atoms with Gasteiger partial charge in [0, 0.05) is 22.3 Å². The molecule has 0 amide bonds. The molecule has 0 aliphatic heterocycles. The number of nitrogens with one attached hydrogen (secondary N) is 1. The Hall–Kier alpha value is -1.57. The molecule has 3 aromatic rings. The first-order valence-electron chi connectivity index (χ1n) is 6.98. The number of hydrogen-bond donors (Lipinski definition) is 2. The third-order valence-corrected chi connectivity index (χ3v) is 5.73. The molecular formula is C15H17FN4S2. The van der Waals surface area contributed by atoms with Gasteiger partial charge in [0.2, 0.25) is 0 Å². The van der Waals surface area contributed by atoms with Crippen LogP contribution >= 0.6 is 22.7 Å². The third kappa shape index (κ3) is 2.84. The number of alkyl halides is 1. The number of anilines is 1. The molecular weight excluding hydrogens is 319 g/mol. The lowest BCUT2D eigenvalue weighted by Gasteiger charge is -2.10. The summed E-state index contributed by atoms with van der Waals surface area (Å²) < 4.78 is 15.2. The summed E-state index contributed by atoms with van der Waals surface area (Å²) in [6, 6.07) is 3.55. The second-order valence-electron chi connectivity index (χ2n) is 5.22. The van der Waals surface area contributed by atoms with Crippen molar-refractivity contribution in [2.24, 2.45) is 5.73 Å². The summed E-state index contributed by atoms with van der Waals surface area (Å²) in [6.07, 6.45) is 0.513. The number of nitrogens with zero attached hydrogens (tertiary/aromatic N) is 2. The molecule has 0 radical (unpaired) electrons. The Morgan fingerprint density at radius 3 is 2.95 bits per heavy atom. The Balaban J connectivity index is 1.96. The largest absolute Gasteiger partial charge is 0.378 e. The minimum absolute atomic E-state index is 0.540. The predicted molar refractivity (Wildman–Crippen MR) is 91.3 cm³/mol. The van der Waals surface area contributed by atoms with Crippen LogP contribution in [0.1, 0.15) is 28.4 Å². The molecule has 2 atom stereocenters. The van der Waals surface area contributed by atoms with Crippen LogP contribution in [0.15, 0.2) is 23.7 Å². The molecule has 0 bridgehead atoms. The lowest BCUT2D eigenvalue weighted by atomic mass is 10.1. The van der Waals surface area contributed by atoms with E-state index in [0.29, 0.717) is 4.88 Å². The standard InChI is InChI=1S/C15H17FN4S2/c1-8-13-15(22-14(8)12(16)9(2)17)11(7-19-20-13)18-6-10-4-3-5-21-10/h3-5,7,9,12H,6,17H2,1-2H3,(H,18,20)/t9-,12?/m0/s1. The van der Waals surface area contributed by atoms with Gasteiger partial charge in [0.25, 0.3) is 0 Å². The quantitative estimate of drug-likeness (QED) is 0.738. The van der Waals surface area contributed by atoms with Crippen molar-refractivity contribution in [3.05, 3.63) is 39.0 Å². The van der Waals surface area contributed by atoms with Crippen LogP contribution in [0.5, 0.6) is 0 Å². The number of rotatable bonds is 5. The first-order valence-corrected chi connectivity index (χ1v) is 8.68. The van der Waals surface area contributed by atoms with Crippen LogP contribution in [0.2, 0.25) is 0 Å². The number of thiophene rings is 2. The van der Waals surface area contributed by atoms with Gasteiger partial charge in [0.1, 0.15) is 11.7 Å². The van der Waals surface area contributed by atoms with E-state index >= 15 is 0 Å². The molecule has 0 spiro atoms. The molecule has 0 aromatic carbocycles. The fourth-order valence-electron chi connectivity index (χ4n) is 2.25. The van der Waals surface area contributed by atoms with Crippen molar-refractivity contribution in [1.29, 1.82) is 0 Å². The Bertz CT molecular complexity index is 767. The average Bonchev–Trinajstić information content (AvgIpc) is 3.13. The first kappa shape index (κ1) is 15.3. The molecule has 1 unspecified atom stereocenters. The SMILES string of the molecule is Cc1c(C(F)[C@H](C)N)sc2c(NCc3cccs3)cnnc12. The summed E-state index contributed by atoms with van der Waals surface area (Å²) >= 11 is 3.10. The summed E-state index contributed by atoms with van der Waals surface area (Å²) in [7, 11) is 0. The highest BCUT2D eigenvalue weighted by Gasteiger charge is 2.23. The molecule has 4 nitrogen and oxygen atoms in total. The van der Waals surface area contributed by atoms with Crippen molar-refractivity contribution in [1.82, 2.24) is 10.2 Å². The Kier molecular flexibility index (Phi) is 4.37. The highest BCUT2D eigenvalue weighted by molar-refractivity contribution is 7.20. The maximum atomic E-state index is 14.3. The van der Waals surface area contributed by atoms with Crippen LogP contribution in [0.25, 0.3) is 10.2 Å². The third-order valence-electron chi connectivity index (χ3n) is 3.49. The minimum Gasteiger partial charge on any atom is -0.378 e. The van der Waals surface area contributed by atoms with E-state index in [1.165, 1.54) is 16.2 Å². The van der Waals surface area contributed by atoms with Gasteiger partial charge < -0.3 is 11.1 Å². The molecule has 0 fully saturated rings. The smallest absolute Gasteiger partial charge is 0.149 e. The van der Waals surface area contributed by atoms with Gasteiger partial charge in [0.15, 0.2) is 0 Å². The molecule has 7 heteroatoms. The van der Waals surface area contributed by atoms with E-state index in [-0.39, 0.29) is 0 Å². The molecule has 3 heterocycles. The Labute approximate surface area is 136 Å². The molecule has 0 aliphatic rings. The van der Waals surface area contributed by atoms with Crippen LogP contribution in [-0.4, -0.2) is 16.2 Å². The fourth-order valence-corrected chi connectivity index (χ4v) is 4.22. The summed E-state index contributed by atoms with van der Waals surface area (Å²) in [5, 5.41) is 13.6. The topological polar surface area (TPSA) is 63.8 Å². The minimum atomic E-state index is -1.18. The van der Waals surface area contributed by atoms with E-state index in [1.54, 1.807) is 24.5 Å². The second kappa shape index (κ2) is 6.28. The summed E-state index contributed by atoms with van der Waals surface area (Å²) in [4.78, 5) is 1.88. The van der Waals surface area contributed by atoms with Crippen LogP contribution < -0.4 is 11.1 Å². The van der Waals surface area contributed by atoms with E-state index in [0.717, 1.165) is 28.0 Å². The number of hydrogen-bond acceptors (Lipinski definition) is 6. The number of halogens is 1. The Morgan fingerprint density at radius 2 is 2.27 bits per heavy atom. The summed E-state index contributed by atoms with van der Waals surface area (Å²) in [5.41, 5.74) is 8.17. The van der Waals surface area contributed by atoms with Gasteiger partial charge >= 0.3 is 0 Å². The molecule has 0 saturated heterocycles. The molecule has 0 saturated carbocycles. The molecule has 116 valence electrons. The lowest BCUT2D eigenvalue weighted by molar-refractivity contribution is 0.304. The lowest BCUT2D eigenvalue weighted by Crippen LogP contribution is -2.21. The summed E-state index contributed by atoms with van der Waals surface area (Å²) in [6.45, 7) is 4.27. The molecule has 3 N–H and O–H groups in total. The van der Waals surface area contributed by atoms with Gasteiger partial charge in [-0.1, -0.05) is 6.07 Å². The van der Waals surface area contributed by atoms with E-state index in [9.17, 15) is 4.39 Å². The maximum Gasteiger partial charge on any atom is 0.149 e. The van der Waals surface area contributed by atoms with Gasteiger partial charge in [-0.15, -0.1) is 27.8 Å². The number of aromatic nitrogens is 2. The number of aryl methyl sites for hydroxylation is 1. The molecule has 3 rings (SSSR count). The van der Waals surface area contributed by atoms with Gasteiger partial charge in [-0.2, -0.15) is 5.10 Å². The average molecular weight is 336 g/mol. The van der Waals surface area contributed by atoms with Crippen molar-refractivity contribution in [2.45, 2.75) is 32.6 Å². The predicted octanol–water partition coefficient (Wildman–Crippen LogP) is 4.03. The zero-order valence-corrected chi connectivity index (χ0v) is 14.0. The summed E-state index contributed by atoms with van der Waals surface area (Å²) in [5.74, 6) is 0. The van der Waals surface area contributed by atoms with Crippen LogP contribution in [0.4, 0.5) is 10.1 Å². The van der Waals surface area contributed by atoms with Crippen molar-refractivity contribution in [2.75, 3.05) is 5.32 Å². The normalized spacial score (nSPS) is 14.2. The van der Waals surface area contributed by atoms with Gasteiger partial charge in [0.05, 0.1) is 16.6 Å². The first-order chi connectivity index (χ1) is 10.6. The molecule has 22 heavy (non-hydrogen) atoms. The van der Waals surface area contributed by atoms with E-state index in [4.69, 9.17) is 5.73 Å². The zero-order chi connectivity index (χ0) is 15.7. The highest BCUT2D eigenvalue weighted by atomic mass is 32.1. The van der Waals surface area contributed by atoms with E-state index < -0.39 is 12.2 Å². The van der Waals surface area contributed by atoms with Crippen LogP contribution in [-0.2, 0) is 6.54 Å². The maximum absolute atomic E-state index is 14.3. The van der Waals surface area contributed by atoms with Crippen LogP contribution in [0.3, 0.4) is 0 Å². The van der Waals surface area contributed by atoms with Crippen molar-refractivity contribution in [3.63, 3.8) is 0 Å². The van der Waals surface area contributed by atoms with Gasteiger partial charge in [-0.25, -0.2) is 4.39 Å². The highest BCUT2D eigenvalue weighted by Crippen LogP contribution is 2.39. The fraction of sp³-hybridized carbons (Fsp3) is 0.333. The number of fused-ring (bicyclic) bond motifs is 1. The monoisotopic (exact) mass is 336 g/mol. The van der Waals surface area contributed by atoms with Gasteiger partial charge in [-0.05, 0) is 30.9 Å². The second-order valence-corrected chi connectivity index (χ2v) is 7.31. The molecule has 0 aliphatic carbocycles. The van der Waals surface area contributed by atoms with Crippen molar-refractivity contribution < 1.29 is 4.39 Å². The Morgan fingerprint density at radius 1 is 1.45 bits per heavy atom. The number of nitrogens with two attached hydrogens (primary N) is 1. The molecule has 3 aromatic heterocycles. The zero-order valence-electron chi connectivity index (χ0n) is 12.3. The van der Waals surface area contributed by atoms with Crippen molar-refractivity contribution >= 4 is 38.6 Å².